The molecular formula is C16H27N. The smallest absolute Gasteiger partial charge is 0.0202 e. The van der Waals surface area contributed by atoms with Crippen LogP contribution in [0.25, 0.3) is 0 Å². The molecule has 1 rings (SSSR count). The van der Waals surface area contributed by atoms with Gasteiger partial charge in [-0.25, -0.2) is 0 Å². The molecule has 0 saturated carbocycles. The van der Waals surface area contributed by atoms with Gasteiger partial charge in [0.2, 0.25) is 0 Å². The fourth-order valence-corrected chi connectivity index (χ4v) is 2.18. The average molecular weight is 233 g/mol. The summed E-state index contributed by atoms with van der Waals surface area (Å²) < 4.78 is 0. The van der Waals surface area contributed by atoms with Gasteiger partial charge in [-0.05, 0) is 34.6 Å². The molecule has 0 aliphatic rings. The van der Waals surface area contributed by atoms with Gasteiger partial charge >= 0.3 is 0 Å². The molecule has 0 radical (unpaired) electrons. The molecule has 1 aromatic rings. The molecular weight excluding hydrogens is 206 g/mol. The van der Waals surface area contributed by atoms with Crippen LogP contribution in [0.4, 0.5) is 0 Å². The Kier molecular flexibility index (Phi) is 4.03. The molecule has 0 fully saturated rings. The monoisotopic (exact) mass is 233 g/mol. The largest absolute Gasteiger partial charge is 0.316 e. The Bertz CT molecular complexity index is 377. The maximum atomic E-state index is 3.22. The molecule has 0 aliphatic heterocycles. The minimum atomic E-state index is 0.201. The van der Waals surface area contributed by atoms with E-state index in [1.54, 1.807) is 0 Å². The zero-order valence-electron chi connectivity index (χ0n) is 12.4. The van der Waals surface area contributed by atoms with Crippen molar-refractivity contribution in [3.05, 3.63) is 34.9 Å². The van der Waals surface area contributed by atoms with E-state index in [9.17, 15) is 0 Å². The van der Waals surface area contributed by atoms with E-state index in [2.05, 4.69) is 65.1 Å². The summed E-state index contributed by atoms with van der Waals surface area (Å²) in [5, 5.41) is 3.22. The third-order valence-electron chi connectivity index (χ3n) is 3.08. The Labute approximate surface area is 107 Å². The second-order valence-corrected chi connectivity index (χ2v) is 6.91. The highest BCUT2D eigenvalue weighted by Gasteiger charge is 2.24. The Morgan fingerprint density at radius 3 is 1.82 bits per heavy atom. The Morgan fingerprint density at radius 1 is 0.882 bits per heavy atom. The van der Waals surface area contributed by atoms with Crippen LogP contribution in [0.5, 0.6) is 0 Å². The summed E-state index contributed by atoms with van der Waals surface area (Å²) in [5.41, 5.74) is 4.71. The zero-order valence-corrected chi connectivity index (χ0v) is 12.4. The predicted octanol–water partition coefficient (Wildman–Crippen LogP) is 4.00. The first-order valence-electron chi connectivity index (χ1n) is 6.45. The van der Waals surface area contributed by atoms with Crippen LogP contribution in [0, 0.1) is 0 Å². The van der Waals surface area contributed by atoms with E-state index in [0.717, 1.165) is 6.54 Å². The highest BCUT2D eigenvalue weighted by atomic mass is 14.8. The predicted molar refractivity (Wildman–Crippen MR) is 76.6 cm³/mol. The van der Waals surface area contributed by atoms with Gasteiger partial charge < -0.3 is 5.32 Å². The van der Waals surface area contributed by atoms with E-state index in [1.807, 2.05) is 7.05 Å². The Morgan fingerprint density at radius 2 is 1.41 bits per heavy atom. The van der Waals surface area contributed by atoms with Crippen molar-refractivity contribution in [2.45, 2.75) is 58.9 Å². The molecule has 17 heavy (non-hydrogen) atoms. The van der Waals surface area contributed by atoms with Gasteiger partial charge in [0, 0.05) is 6.54 Å². The van der Waals surface area contributed by atoms with Crippen LogP contribution < -0.4 is 5.32 Å². The molecule has 0 aromatic heterocycles. The van der Waals surface area contributed by atoms with E-state index < -0.39 is 0 Å². The van der Waals surface area contributed by atoms with Crippen molar-refractivity contribution < 1.29 is 0 Å². The van der Waals surface area contributed by atoms with Crippen molar-refractivity contribution in [1.29, 1.82) is 0 Å². The van der Waals surface area contributed by atoms with E-state index in [4.69, 9.17) is 0 Å². The van der Waals surface area contributed by atoms with Crippen molar-refractivity contribution in [1.82, 2.24) is 5.32 Å². The first-order valence-corrected chi connectivity index (χ1v) is 6.45. The second-order valence-electron chi connectivity index (χ2n) is 6.91. The molecule has 0 heterocycles. The molecule has 1 aromatic carbocycles. The molecule has 0 spiro atoms. The lowest BCUT2D eigenvalue weighted by Crippen LogP contribution is -2.22. The lowest BCUT2D eigenvalue weighted by molar-refractivity contribution is 0.529. The van der Waals surface area contributed by atoms with Crippen LogP contribution in [0.15, 0.2) is 18.2 Å². The molecule has 0 aliphatic carbocycles. The molecule has 0 bridgehead atoms. The molecule has 1 N–H and O–H groups in total. The Balaban J connectivity index is 3.33. The fraction of sp³-hybridized carbons (Fsp3) is 0.625. The molecule has 0 unspecified atom stereocenters. The van der Waals surface area contributed by atoms with Gasteiger partial charge in [-0.15, -0.1) is 0 Å². The molecule has 1 nitrogen and oxygen atoms in total. The minimum Gasteiger partial charge on any atom is -0.316 e. The molecule has 0 amide bonds. The van der Waals surface area contributed by atoms with Crippen molar-refractivity contribution in [2.24, 2.45) is 0 Å². The molecule has 96 valence electrons. The molecule has 0 saturated heterocycles. The first-order chi connectivity index (χ1) is 7.66. The Hall–Kier alpha value is -0.820. The first kappa shape index (κ1) is 14.2. The van der Waals surface area contributed by atoms with Gasteiger partial charge in [0.25, 0.3) is 0 Å². The van der Waals surface area contributed by atoms with Gasteiger partial charge in [-0.2, -0.15) is 0 Å². The molecule has 1 heteroatoms. The van der Waals surface area contributed by atoms with Crippen LogP contribution in [0.2, 0.25) is 0 Å². The number of nitrogens with one attached hydrogen (secondary N) is 1. The minimum absolute atomic E-state index is 0.201. The summed E-state index contributed by atoms with van der Waals surface area (Å²) in [4.78, 5) is 0. The van der Waals surface area contributed by atoms with E-state index >= 15 is 0 Å². The highest BCUT2D eigenvalue weighted by Crippen LogP contribution is 2.34. The van der Waals surface area contributed by atoms with E-state index in [0.29, 0.717) is 0 Å². The van der Waals surface area contributed by atoms with Gasteiger partial charge in [0.05, 0.1) is 0 Å². The number of hydrogen-bond donors (Lipinski definition) is 1. The summed E-state index contributed by atoms with van der Waals surface area (Å²) in [7, 11) is 1.99. The summed E-state index contributed by atoms with van der Waals surface area (Å²) in [6.45, 7) is 14.7. The topological polar surface area (TPSA) is 12.0 Å². The lowest BCUT2D eigenvalue weighted by Gasteiger charge is -2.30. The second kappa shape index (κ2) is 4.81. The summed E-state index contributed by atoms with van der Waals surface area (Å²) >= 11 is 0. The number of hydrogen-bond acceptors (Lipinski definition) is 1. The van der Waals surface area contributed by atoms with Crippen LogP contribution in [-0.2, 0) is 17.4 Å². The van der Waals surface area contributed by atoms with Crippen molar-refractivity contribution >= 4 is 0 Å². The molecule has 0 atom stereocenters. The van der Waals surface area contributed by atoms with E-state index in [1.165, 1.54) is 16.7 Å². The van der Waals surface area contributed by atoms with Gasteiger partial charge in [-0.3, -0.25) is 0 Å². The number of benzene rings is 1. The lowest BCUT2D eigenvalue weighted by atomic mass is 9.74. The maximum absolute atomic E-state index is 3.22. The van der Waals surface area contributed by atoms with Gasteiger partial charge in [-0.1, -0.05) is 59.7 Å². The quantitative estimate of drug-likeness (QED) is 0.814. The van der Waals surface area contributed by atoms with Gasteiger partial charge in [0.15, 0.2) is 0 Å². The van der Waals surface area contributed by atoms with Crippen molar-refractivity contribution in [3.8, 4) is 0 Å². The summed E-state index contributed by atoms with van der Waals surface area (Å²) in [6.07, 6.45) is 0. The maximum Gasteiger partial charge on any atom is 0.0202 e. The fourth-order valence-electron chi connectivity index (χ4n) is 2.18. The SMILES string of the molecule is CNCc1ccc(C(C)(C)C)c(C(C)(C)C)c1. The average Bonchev–Trinajstić information content (AvgIpc) is 2.15. The van der Waals surface area contributed by atoms with E-state index in [-0.39, 0.29) is 10.8 Å². The van der Waals surface area contributed by atoms with Crippen LogP contribution in [0.1, 0.15) is 58.2 Å². The number of rotatable bonds is 2. The van der Waals surface area contributed by atoms with Crippen molar-refractivity contribution in [3.63, 3.8) is 0 Å². The van der Waals surface area contributed by atoms with Crippen LogP contribution >= 0.6 is 0 Å². The van der Waals surface area contributed by atoms with Crippen LogP contribution in [-0.4, -0.2) is 7.05 Å². The van der Waals surface area contributed by atoms with Gasteiger partial charge in [0.1, 0.15) is 0 Å². The third kappa shape index (κ3) is 3.57. The standard InChI is InChI=1S/C16H27N/c1-15(2,3)13-9-8-12(11-17-7)10-14(13)16(4,5)6/h8-10,17H,11H2,1-7H3. The van der Waals surface area contributed by atoms with Crippen molar-refractivity contribution in [2.75, 3.05) is 7.05 Å². The third-order valence-corrected chi connectivity index (χ3v) is 3.08. The van der Waals surface area contributed by atoms with Crippen LogP contribution in [0.3, 0.4) is 0 Å². The highest BCUT2D eigenvalue weighted by molar-refractivity contribution is 5.40. The summed E-state index contributed by atoms with van der Waals surface area (Å²) in [6, 6.07) is 6.90. The zero-order chi connectivity index (χ0) is 13.3. The summed E-state index contributed by atoms with van der Waals surface area (Å²) in [5.74, 6) is 0. The normalized spacial score (nSPS) is 12.9.